The molecule has 5 heteroatoms. The van der Waals surface area contributed by atoms with Crippen LogP contribution in [0.25, 0.3) is 6.08 Å². The Morgan fingerprint density at radius 2 is 2.19 bits per heavy atom. The van der Waals surface area contributed by atoms with Crippen LogP contribution in [0, 0.1) is 23.7 Å². The fourth-order valence-corrected chi connectivity index (χ4v) is 5.10. The second kappa shape index (κ2) is 8.38. The van der Waals surface area contributed by atoms with Gasteiger partial charge in [0.05, 0.1) is 5.69 Å². The molecule has 4 nitrogen and oxygen atoms in total. The van der Waals surface area contributed by atoms with Crippen LogP contribution in [0.2, 0.25) is 0 Å². The number of rotatable bonds is 4. The molecule has 1 heterocycles. The van der Waals surface area contributed by atoms with Crippen molar-refractivity contribution < 1.29 is 9.53 Å². The van der Waals surface area contributed by atoms with Crippen molar-refractivity contribution in [2.75, 3.05) is 0 Å². The van der Waals surface area contributed by atoms with E-state index in [1.807, 2.05) is 19.1 Å². The Bertz CT molecular complexity index is 686. The Morgan fingerprint density at radius 3 is 2.88 bits per heavy atom. The molecule has 0 aromatic carbocycles. The SMILES string of the molecule is C=C1CC2CCCCC2C(/C=C/c2ccc(Br)cn2)C1C(C)OC(N)=O. The second-order valence-electron chi connectivity index (χ2n) is 7.58. The molecule has 2 aliphatic carbocycles. The number of aromatic nitrogens is 1. The summed E-state index contributed by atoms with van der Waals surface area (Å²) in [5.41, 5.74) is 7.39. The van der Waals surface area contributed by atoms with Gasteiger partial charge in [0.15, 0.2) is 0 Å². The number of carbonyl (C=O) groups excluding carboxylic acids is 1. The number of hydrogen-bond donors (Lipinski definition) is 1. The number of halogens is 1. The number of allylic oxidation sites excluding steroid dienone is 1. The lowest BCUT2D eigenvalue weighted by Gasteiger charge is -2.47. The van der Waals surface area contributed by atoms with Crippen molar-refractivity contribution in [2.24, 2.45) is 29.4 Å². The molecule has 0 spiro atoms. The van der Waals surface area contributed by atoms with Gasteiger partial charge in [-0.3, -0.25) is 4.98 Å². The van der Waals surface area contributed by atoms with Gasteiger partial charge in [0.2, 0.25) is 0 Å². The van der Waals surface area contributed by atoms with Gasteiger partial charge in [-0.1, -0.05) is 31.1 Å². The fourth-order valence-electron chi connectivity index (χ4n) is 4.87. The predicted molar refractivity (Wildman–Crippen MR) is 107 cm³/mol. The quantitative estimate of drug-likeness (QED) is 0.670. The molecule has 2 N–H and O–H groups in total. The van der Waals surface area contributed by atoms with Gasteiger partial charge in [-0.05, 0) is 78.1 Å². The third-order valence-corrected chi connectivity index (χ3v) is 6.39. The zero-order valence-corrected chi connectivity index (χ0v) is 16.8. The third-order valence-electron chi connectivity index (χ3n) is 5.92. The number of hydrogen-bond acceptors (Lipinski definition) is 3. The first-order chi connectivity index (χ1) is 12.5. The Labute approximate surface area is 164 Å². The molecular weight excluding hydrogens is 392 g/mol. The monoisotopic (exact) mass is 418 g/mol. The van der Waals surface area contributed by atoms with Crippen molar-refractivity contribution in [2.45, 2.75) is 45.1 Å². The lowest BCUT2D eigenvalue weighted by molar-refractivity contribution is 0.0315. The summed E-state index contributed by atoms with van der Waals surface area (Å²) >= 11 is 3.42. The summed E-state index contributed by atoms with van der Waals surface area (Å²) in [5.74, 6) is 1.68. The molecule has 1 aromatic rings. The molecule has 5 atom stereocenters. The number of nitrogens with zero attached hydrogens (tertiary/aromatic N) is 1. The molecule has 3 rings (SSSR count). The summed E-state index contributed by atoms with van der Waals surface area (Å²) in [5, 5.41) is 0. The summed E-state index contributed by atoms with van der Waals surface area (Å²) in [6, 6.07) is 3.99. The van der Waals surface area contributed by atoms with Gasteiger partial charge in [-0.2, -0.15) is 0 Å². The van der Waals surface area contributed by atoms with Crippen LogP contribution in [0.5, 0.6) is 0 Å². The minimum atomic E-state index is -0.714. The van der Waals surface area contributed by atoms with E-state index in [4.69, 9.17) is 10.5 Å². The van der Waals surface area contributed by atoms with E-state index >= 15 is 0 Å². The normalized spacial score (nSPS) is 30.0. The molecule has 26 heavy (non-hydrogen) atoms. The van der Waals surface area contributed by atoms with Crippen LogP contribution in [-0.4, -0.2) is 17.2 Å². The number of pyridine rings is 1. The summed E-state index contributed by atoms with van der Waals surface area (Å²) in [6.07, 6.45) is 11.3. The first-order valence-electron chi connectivity index (χ1n) is 9.39. The highest BCUT2D eigenvalue weighted by Gasteiger charge is 2.43. The lowest BCUT2D eigenvalue weighted by atomic mass is 9.59. The highest BCUT2D eigenvalue weighted by molar-refractivity contribution is 9.10. The molecule has 2 fully saturated rings. The average molecular weight is 419 g/mol. The average Bonchev–Trinajstić information content (AvgIpc) is 2.60. The van der Waals surface area contributed by atoms with Crippen molar-refractivity contribution in [1.29, 1.82) is 0 Å². The highest BCUT2D eigenvalue weighted by atomic mass is 79.9. The van der Waals surface area contributed by atoms with E-state index in [0.717, 1.165) is 16.6 Å². The Hall–Kier alpha value is -1.62. The van der Waals surface area contributed by atoms with Crippen LogP contribution < -0.4 is 5.73 Å². The maximum absolute atomic E-state index is 11.3. The Morgan fingerprint density at radius 1 is 1.42 bits per heavy atom. The van der Waals surface area contributed by atoms with E-state index in [1.165, 1.54) is 31.3 Å². The molecule has 0 radical (unpaired) electrons. The van der Waals surface area contributed by atoms with Gasteiger partial charge in [-0.25, -0.2) is 4.79 Å². The van der Waals surface area contributed by atoms with Gasteiger partial charge in [0.25, 0.3) is 0 Å². The van der Waals surface area contributed by atoms with Crippen molar-refractivity contribution in [3.8, 4) is 0 Å². The molecule has 0 aliphatic heterocycles. The maximum Gasteiger partial charge on any atom is 0.404 e. The van der Waals surface area contributed by atoms with Gasteiger partial charge in [0.1, 0.15) is 6.10 Å². The van der Waals surface area contributed by atoms with Crippen molar-refractivity contribution in [3.05, 3.63) is 46.7 Å². The van der Waals surface area contributed by atoms with Crippen LogP contribution >= 0.6 is 15.9 Å². The van der Waals surface area contributed by atoms with E-state index in [1.54, 1.807) is 6.20 Å². The summed E-state index contributed by atoms with van der Waals surface area (Å²) in [7, 11) is 0. The summed E-state index contributed by atoms with van der Waals surface area (Å²) in [6.45, 7) is 6.28. The molecular formula is C21H27BrN2O2. The number of nitrogens with two attached hydrogens (primary N) is 1. The number of amides is 1. The van der Waals surface area contributed by atoms with E-state index in [2.05, 4.69) is 39.6 Å². The number of ether oxygens (including phenoxy) is 1. The Balaban J connectivity index is 1.88. The van der Waals surface area contributed by atoms with Crippen LogP contribution in [0.3, 0.4) is 0 Å². The third kappa shape index (κ3) is 4.37. The minimum absolute atomic E-state index is 0.105. The van der Waals surface area contributed by atoms with Crippen LogP contribution in [0.1, 0.15) is 44.7 Å². The molecule has 2 aliphatic rings. The van der Waals surface area contributed by atoms with Gasteiger partial charge in [-0.15, -0.1) is 0 Å². The first-order valence-corrected chi connectivity index (χ1v) is 10.2. The van der Waals surface area contributed by atoms with Crippen molar-refractivity contribution >= 4 is 28.1 Å². The largest absolute Gasteiger partial charge is 0.446 e. The first kappa shape index (κ1) is 19.2. The van der Waals surface area contributed by atoms with E-state index < -0.39 is 6.09 Å². The topological polar surface area (TPSA) is 65.2 Å². The molecule has 1 amide bonds. The molecule has 0 bridgehead atoms. The molecule has 1 aromatic heterocycles. The number of carbonyl (C=O) groups is 1. The van der Waals surface area contributed by atoms with E-state index in [-0.39, 0.29) is 12.0 Å². The Kier molecular flexibility index (Phi) is 6.17. The van der Waals surface area contributed by atoms with Crippen molar-refractivity contribution in [3.63, 3.8) is 0 Å². The molecule has 140 valence electrons. The van der Waals surface area contributed by atoms with Gasteiger partial charge < -0.3 is 10.5 Å². The second-order valence-corrected chi connectivity index (χ2v) is 8.49. The maximum atomic E-state index is 11.3. The smallest absolute Gasteiger partial charge is 0.404 e. The standard InChI is InChI=1S/C21H27BrN2O2/c1-13-11-15-5-3-4-6-18(15)19(20(13)14(2)26-21(23)25)10-9-17-8-7-16(22)12-24-17/h7-10,12,14-15,18-20H,1,3-6,11H2,2H3,(H2,23,25)/b10-9+. The zero-order chi connectivity index (χ0) is 18.7. The highest BCUT2D eigenvalue weighted by Crippen LogP contribution is 2.50. The number of fused-ring (bicyclic) bond motifs is 1. The lowest BCUT2D eigenvalue weighted by Crippen LogP contribution is -2.42. The summed E-state index contributed by atoms with van der Waals surface area (Å²) in [4.78, 5) is 15.7. The summed E-state index contributed by atoms with van der Waals surface area (Å²) < 4.78 is 6.33. The minimum Gasteiger partial charge on any atom is -0.446 e. The van der Waals surface area contributed by atoms with E-state index in [0.29, 0.717) is 17.8 Å². The zero-order valence-electron chi connectivity index (χ0n) is 15.2. The molecule has 2 saturated carbocycles. The van der Waals surface area contributed by atoms with Crippen LogP contribution in [-0.2, 0) is 4.74 Å². The van der Waals surface area contributed by atoms with Gasteiger partial charge in [0, 0.05) is 16.6 Å². The van der Waals surface area contributed by atoms with Crippen LogP contribution in [0.15, 0.2) is 41.0 Å². The van der Waals surface area contributed by atoms with E-state index in [9.17, 15) is 4.79 Å². The van der Waals surface area contributed by atoms with Crippen molar-refractivity contribution in [1.82, 2.24) is 4.98 Å². The molecule has 5 unspecified atom stereocenters. The fraction of sp³-hybridized carbons (Fsp3) is 0.524. The van der Waals surface area contributed by atoms with Crippen LogP contribution in [0.4, 0.5) is 4.79 Å². The predicted octanol–water partition coefficient (Wildman–Crippen LogP) is 5.34. The molecule has 0 saturated heterocycles. The van der Waals surface area contributed by atoms with Gasteiger partial charge >= 0.3 is 6.09 Å². The number of primary amides is 1.